The molecule has 2 aromatic rings. The van der Waals surface area contributed by atoms with Crippen LogP contribution in [-0.2, 0) is 13.0 Å². The number of unbranched alkanes of at least 4 members (excludes halogenated alkanes) is 1. The van der Waals surface area contributed by atoms with Crippen molar-refractivity contribution in [2.45, 2.75) is 32.7 Å². The van der Waals surface area contributed by atoms with Gasteiger partial charge in [-0.2, -0.15) is 0 Å². The molecule has 4 heteroatoms. The molecule has 0 aliphatic rings. The zero-order valence-corrected chi connectivity index (χ0v) is 11.3. The number of aromatic nitrogens is 2. The second-order valence-electron chi connectivity index (χ2n) is 4.60. The second-order valence-corrected chi connectivity index (χ2v) is 4.60. The Morgan fingerprint density at radius 2 is 2.05 bits per heavy atom. The van der Waals surface area contributed by atoms with Gasteiger partial charge in [0.25, 0.3) is 0 Å². The van der Waals surface area contributed by atoms with E-state index in [0.717, 1.165) is 37.4 Å². The SMILES string of the molecule is CCCCn1ccnc1NCCc1ccc(F)cc1. The van der Waals surface area contributed by atoms with Gasteiger partial charge in [0.15, 0.2) is 0 Å². The molecule has 1 N–H and O–H groups in total. The molecule has 1 aromatic carbocycles. The lowest BCUT2D eigenvalue weighted by atomic mass is 10.1. The molecule has 0 unspecified atom stereocenters. The van der Waals surface area contributed by atoms with Gasteiger partial charge in [-0.3, -0.25) is 0 Å². The summed E-state index contributed by atoms with van der Waals surface area (Å²) in [5, 5.41) is 3.32. The molecular formula is C15H20FN3. The van der Waals surface area contributed by atoms with E-state index in [4.69, 9.17) is 0 Å². The van der Waals surface area contributed by atoms with Gasteiger partial charge < -0.3 is 9.88 Å². The van der Waals surface area contributed by atoms with Gasteiger partial charge in [-0.25, -0.2) is 9.37 Å². The Bertz CT molecular complexity index is 490. The number of nitrogens with one attached hydrogen (secondary N) is 1. The van der Waals surface area contributed by atoms with E-state index >= 15 is 0 Å². The molecule has 1 heterocycles. The van der Waals surface area contributed by atoms with Crippen molar-refractivity contribution in [1.29, 1.82) is 0 Å². The van der Waals surface area contributed by atoms with Crippen LogP contribution in [0.15, 0.2) is 36.7 Å². The molecule has 0 amide bonds. The van der Waals surface area contributed by atoms with Crippen LogP contribution in [0.4, 0.5) is 10.3 Å². The summed E-state index contributed by atoms with van der Waals surface area (Å²) in [5.41, 5.74) is 1.13. The third-order valence-electron chi connectivity index (χ3n) is 3.08. The van der Waals surface area contributed by atoms with Crippen LogP contribution in [0.1, 0.15) is 25.3 Å². The first-order valence-electron chi connectivity index (χ1n) is 6.79. The molecule has 3 nitrogen and oxygen atoms in total. The summed E-state index contributed by atoms with van der Waals surface area (Å²) < 4.78 is 14.9. The summed E-state index contributed by atoms with van der Waals surface area (Å²) in [7, 11) is 0. The smallest absolute Gasteiger partial charge is 0.202 e. The fourth-order valence-electron chi connectivity index (χ4n) is 1.95. The second kappa shape index (κ2) is 6.92. The third-order valence-corrected chi connectivity index (χ3v) is 3.08. The molecule has 102 valence electrons. The van der Waals surface area contributed by atoms with Crippen molar-refractivity contribution in [3.8, 4) is 0 Å². The Morgan fingerprint density at radius 1 is 1.26 bits per heavy atom. The number of aryl methyl sites for hydroxylation is 1. The molecule has 0 saturated carbocycles. The summed E-state index contributed by atoms with van der Waals surface area (Å²) in [4.78, 5) is 4.31. The number of rotatable bonds is 7. The monoisotopic (exact) mass is 261 g/mol. The molecule has 0 bridgehead atoms. The number of imidazole rings is 1. The number of anilines is 1. The van der Waals surface area contributed by atoms with Crippen molar-refractivity contribution in [1.82, 2.24) is 9.55 Å². The number of halogens is 1. The Labute approximate surface area is 113 Å². The van der Waals surface area contributed by atoms with Gasteiger partial charge in [-0.05, 0) is 30.5 Å². The van der Waals surface area contributed by atoms with Crippen LogP contribution >= 0.6 is 0 Å². The third kappa shape index (κ3) is 4.09. The van der Waals surface area contributed by atoms with Crippen LogP contribution in [0.3, 0.4) is 0 Å². The van der Waals surface area contributed by atoms with Gasteiger partial charge in [0.1, 0.15) is 5.82 Å². The lowest BCUT2D eigenvalue weighted by Crippen LogP contribution is -2.10. The van der Waals surface area contributed by atoms with E-state index in [0.29, 0.717) is 0 Å². The lowest BCUT2D eigenvalue weighted by molar-refractivity contribution is 0.626. The summed E-state index contributed by atoms with van der Waals surface area (Å²) in [5.74, 6) is 0.724. The van der Waals surface area contributed by atoms with Crippen molar-refractivity contribution in [2.24, 2.45) is 0 Å². The number of benzene rings is 1. The van der Waals surface area contributed by atoms with E-state index in [1.165, 1.54) is 18.6 Å². The Balaban J connectivity index is 1.82. The normalized spacial score (nSPS) is 10.6. The van der Waals surface area contributed by atoms with E-state index in [1.807, 2.05) is 24.5 Å². The molecule has 0 radical (unpaired) electrons. The summed E-state index contributed by atoms with van der Waals surface area (Å²) in [6.07, 6.45) is 7.00. The summed E-state index contributed by atoms with van der Waals surface area (Å²) in [6.45, 7) is 3.97. The zero-order valence-electron chi connectivity index (χ0n) is 11.3. The largest absolute Gasteiger partial charge is 0.355 e. The van der Waals surface area contributed by atoms with E-state index in [-0.39, 0.29) is 5.82 Å². The molecule has 1 aromatic heterocycles. The fraction of sp³-hybridized carbons (Fsp3) is 0.400. The maximum absolute atomic E-state index is 12.8. The van der Waals surface area contributed by atoms with Crippen molar-refractivity contribution < 1.29 is 4.39 Å². The molecule has 0 aliphatic carbocycles. The van der Waals surface area contributed by atoms with E-state index in [9.17, 15) is 4.39 Å². The topological polar surface area (TPSA) is 29.9 Å². The van der Waals surface area contributed by atoms with Crippen LogP contribution in [0, 0.1) is 5.82 Å². The van der Waals surface area contributed by atoms with Gasteiger partial charge in [-0.1, -0.05) is 25.5 Å². The zero-order chi connectivity index (χ0) is 13.5. The maximum atomic E-state index is 12.8. The molecule has 0 aliphatic heterocycles. The van der Waals surface area contributed by atoms with Gasteiger partial charge in [0.2, 0.25) is 5.95 Å². The van der Waals surface area contributed by atoms with E-state index in [1.54, 1.807) is 0 Å². The maximum Gasteiger partial charge on any atom is 0.202 e. The first-order valence-corrected chi connectivity index (χ1v) is 6.79. The molecular weight excluding hydrogens is 241 g/mol. The Kier molecular flexibility index (Phi) is 4.95. The fourth-order valence-corrected chi connectivity index (χ4v) is 1.95. The van der Waals surface area contributed by atoms with Crippen LogP contribution < -0.4 is 5.32 Å². The first kappa shape index (κ1) is 13.6. The van der Waals surface area contributed by atoms with Crippen molar-refractivity contribution >= 4 is 5.95 Å². The average Bonchev–Trinajstić information content (AvgIpc) is 2.86. The summed E-state index contributed by atoms with van der Waals surface area (Å²) in [6, 6.07) is 6.64. The predicted octanol–water partition coefficient (Wildman–Crippen LogP) is 3.48. The van der Waals surface area contributed by atoms with Crippen LogP contribution in [0.2, 0.25) is 0 Å². The molecule has 0 fully saturated rings. The first-order chi connectivity index (χ1) is 9.29. The Hall–Kier alpha value is -1.84. The average molecular weight is 261 g/mol. The van der Waals surface area contributed by atoms with Gasteiger partial charge in [0.05, 0.1) is 0 Å². The van der Waals surface area contributed by atoms with Gasteiger partial charge >= 0.3 is 0 Å². The van der Waals surface area contributed by atoms with Gasteiger partial charge in [0, 0.05) is 25.5 Å². The highest BCUT2D eigenvalue weighted by molar-refractivity contribution is 5.26. The molecule has 0 atom stereocenters. The highest BCUT2D eigenvalue weighted by Crippen LogP contribution is 2.08. The molecule has 2 rings (SSSR count). The quantitative estimate of drug-likeness (QED) is 0.827. The highest BCUT2D eigenvalue weighted by Gasteiger charge is 2.01. The van der Waals surface area contributed by atoms with Crippen LogP contribution in [0.5, 0.6) is 0 Å². The van der Waals surface area contributed by atoms with Crippen molar-refractivity contribution in [3.05, 3.63) is 48.0 Å². The van der Waals surface area contributed by atoms with Gasteiger partial charge in [-0.15, -0.1) is 0 Å². The molecule has 0 saturated heterocycles. The molecule has 19 heavy (non-hydrogen) atoms. The number of hydrogen-bond donors (Lipinski definition) is 1. The minimum Gasteiger partial charge on any atom is -0.355 e. The van der Waals surface area contributed by atoms with Crippen LogP contribution in [0.25, 0.3) is 0 Å². The van der Waals surface area contributed by atoms with Crippen molar-refractivity contribution in [3.63, 3.8) is 0 Å². The van der Waals surface area contributed by atoms with E-state index in [2.05, 4.69) is 21.8 Å². The summed E-state index contributed by atoms with van der Waals surface area (Å²) >= 11 is 0. The minimum absolute atomic E-state index is 0.188. The highest BCUT2D eigenvalue weighted by atomic mass is 19.1. The van der Waals surface area contributed by atoms with E-state index < -0.39 is 0 Å². The predicted molar refractivity (Wildman–Crippen MR) is 75.7 cm³/mol. The standard InChI is InChI=1S/C15H20FN3/c1-2-3-11-19-12-10-18-15(19)17-9-8-13-4-6-14(16)7-5-13/h4-7,10,12H,2-3,8-9,11H2,1H3,(H,17,18). The number of hydrogen-bond acceptors (Lipinski definition) is 2. The Morgan fingerprint density at radius 3 is 2.79 bits per heavy atom. The number of nitrogens with zero attached hydrogens (tertiary/aromatic N) is 2. The van der Waals surface area contributed by atoms with Crippen molar-refractivity contribution in [2.75, 3.05) is 11.9 Å². The molecule has 0 spiro atoms. The van der Waals surface area contributed by atoms with Crippen LogP contribution in [-0.4, -0.2) is 16.1 Å². The lowest BCUT2D eigenvalue weighted by Gasteiger charge is -2.09. The minimum atomic E-state index is -0.188.